The Balaban J connectivity index is 2.57. The molecule has 0 radical (unpaired) electrons. The average Bonchev–Trinajstić information content (AvgIpc) is 2.56. The highest BCUT2D eigenvalue weighted by Gasteiger charge is 2.21. The second kappa shape index (κ2) is 4.16. The molecule has 0 fully saturated rings. The predicted molar refractivity (Wildman–Crippen MR) is 68.0 cm³/mol. The molecule has 2 N–H and O–H groups in total. The minimum absolute atomic E-state index is 0.339. The van der Waals surface area contributed by atoms with E-state index >= 15 is 0 Å². The molecule has 0 aliphatic heterocycles. The Kier molecular flexibility index (Phi) is 2.97. The van der Waals surface area contributed by atoms with Gasteiger partial charge in [0.15, 0.2) is 0 Å². The van der Waals surface area contributed by atoms with E-state index < -0.39 is 0 Å². The summed E-state index contributed by atoms with van der Waals surface area (Å²) >= 11 is 6.13. The van der Waals surface area contributed by atoms with Crippen molar-refractivity contribution in [1.82, 2.24) is 14.5 Å². The second-order valence-electron chi connectivity index (χ2n) is 4.51. The van der Waals surface area contributed by atoms with Crippen LogP contribution < -0.4 is 5.73 Å². The van der Waals surface area contributed by atoms with Crippen molar-refractivity contribution in [2.45, 2.75) is 26.0 Å². The molecular formula is C11H15ClN4O. The van der Waals surface area contributed by atoms with Crippen LogP contribution in [0.2, 0.25) is 5.02 Å². The summed E-state index contributed by atoms with van der Waals surface area (Å²) in [6, 6.07) is 0. The molecule has 0 saturated carbocycles. The molecule has 2 heterocycles. The van der Waals surface area contributed by atoms with Crippen LogP contribution in [0.25, 0.3) is 11.0 Å². The lowest BCUT2D eigenvalue weighted by Crippen LogP contribution is -2.29. The van der Waals surface area contributed by atoms with Crippen LogP contribution in [0.4, 0.5) is 5.95 Å². The number of fused-ring (bicyclic) bond motifs is 1. The van der Waals surface area contributed by atoms with Gasteiger partial charge in [-0.25, -0.2) is 4.98 Å². The number of pyridine rings is 1. The van der Waals surface area contributed by atoms with Gasteiger partial charge in [0, 0.05) is 13.3 Å². The van der Waals surface area contributed by atoms with Crippen molar-refractivity contribution in [3.63, 3.8) is 0 Å². The quantitative estimate of drug-likeness (QED) is 0.911. The molecule has 2 aromatic heterocycles. The first-order valence-corrected chi connectivity index (χ1v) is 5.63. The number of ether oxygens (including phenoxy) is 1. The number of rotatable bonds is 3. The molecule has 0 aliphatic rings. The van der Waals surface area contributed by atoms with Gasteiger partial charge in [-0.3, -0.25) is 4.98 Å². The van der Waals surface area contributed by atoms with Gasteiger partial charge in [-0.2, -0.15) is 0 Å². The third-order valence-electron chi connectivity index (χ3n) is 2.73. The van der Waals surface area contributed by atoms with Gasteiger partial charge in [-0.15, -0.1) is 0 Å². The predicted octanol–water partition coefficient (Wildman–Crippen LogP) is 2.09. The highest BCUT2D eigenvalue weighted by Crippen LogP contribution is 2.26. The first-order valence-electron chi connectivity index (χ1n) is 5.25. The summed E-state index contributed by atoms with van der Waals surface area (Å²) in [6.07, 6.45) is 3.23. The summed E-state index contributed by atoms with van der Waals surface area (Å²) in [5.74, 6) is 0.417. The van der Waals surface area contributed by atoms with Crippen LogP contribution in [0.15, 0.2) is 12.4 Å². The van der Waals surface area contributed by atoms with Gasteiger partial charge in [0.25, 0.3) is 0 Å². The minimum Gasteiger partial charge on any atom is -0.377 e. The van der Waals surface area contributed by atoms with Crippen LogP contribution in [0.3, 0.4) is 0 Å². The van der Waals surface area contributed by atoms with E-state index in [2.05, 4.69) is 9.97 Å². The monoisotopic (exact) mass is 254 g/mol. The Morgan fingerprint density at radius 3 is 2.82 bits per heavy atom. The zero-order valence-corrected chi connectivity index (χ0v) is 10.8. The number of hydrogen-bond donors (Lipinski definition) is 1. The molecule has 2 aromatic rings. The number of nitrogens with zero attached hydrogens (tertiary/aromatic N) is 3. The van der Waals surface area contributed by atoms with Gasteiger partial charge in [-0.1, -0.05) is 11.6 Å². The van der Waals surface area contributed by atoms with Crippen LogP contribution in [0, 0.1) is 0 Å². The fourth-order valence-electron chi connectivity index (χ4n) is 1.67. The van der Waals surface area contributed by atoms with Crippen LogP contribution in [-0.4, -0.2) is 27.2 Å². The molecule has 0 bridgehead atoms. The Morgan fingerprint density at radius 2 is 2.18 bits per heavy atom. The smallest absolute Gasteiger partial charge is 0.201 e. The maximum atomic E-state index is 6.13. The highest BCUT2D eigenvalue weighted by atomic mass is 35.5. The lowest BCUT2D eigenvalue weighted by molar-refractivity contribution is 0.00947. The number of anilines is 1. The summed E-state index contributed by atoms with van der Waals surface area (Å²) < 4.78 is 7.24. The molecule has 0 spiro atoms. The third kappa shape index (κ3) is 2.21. The Bertz CT molecular complexity index is 550. The maximum Gasteiger partial charge on any atom is 0.201 e. The van der Waals surface area contributed by atoms with Gasteiger partial charge in [0.05, 0.1) is 28.9 Å². The molecule has 0 aliphatic carbocycles. The van der Waals surface area contributed by atoms with Crippen LogP contribution in [0.1, 0.15) is 13.8 Å². The zero-order valence-electron chi connectivity index (χ0n) is 10.1. The van der Waals surface area contributed by atoms with Gasteiger partial charge >= 0.3 is 0 Å². The van der Waals surface area contributed by atoms with Crippen molar-refractivity contribution in [2.75, 3.05) is 12.8 Å². The minimum atomic E-state index is -0.339. The number of halogens is 1. The van der Waals surface area contributed by atoms with E-state index in [4.69, 9.17) is 22.1 Å². The molecule has 92 valence electrons. The summed E-state index contributed by atoms with van der Waals surface area (Å²) in [6.45, 7) is 4.54. The second-order valence-corrected chi connectivity index (χ2v) is 4.92. The third-order valence-corrected chi connectivity index (χ3v) is 3.00. The molecule has 0 saturated heterocycles. The molecule has 2 rings (SSSR count). The Morgan fingerprint density at radius 1 is 1.47 bits per heavy atom. The first kappa shape index (κ1) is 12.1. The van der Waals surface area contributed by atoms with E-state index in [9.17, 15) is 0 Å². The van der Waals surface area contributed by atoms with E-state index in [1.54, 1.807) is 19.5 Å². The number of hydrogen-bond acceptors (Lipinski definition) is 4. The Hall–Kier alpha value is -1.33. The van der Waals surface area contributed by atoms with Crippen molar-refractivity contribution < 1.29 is 4.74 Å². The first-order chi connectivity index (χ1) is 7.94. The standard InChI is InChI=1S/C11H15ClN4O/c1-11(2,17-3)6-16-9-7(12)4-14-5-8(9)15-10(16)13/h4-5H,6H2,1-3H3,(H2,13,15). The molecule has 5 nitrogen and oxygen atoms in total. The fourth-order valence-corrected chi connectivity index (χ4v) is 1.93. The summed E-state index contributed by atoms with van der Waals surface area (Å²) in [5.41, 5.74) is 7.05. The van der Waals surface area contributed by atoms with Gasteiger partial charge in [-0.05, 0) is 13.8 Å². The molecule has 0 amide bonds. The van der Waals surface area contributed by atoms with Crippen LogP contribution in [0.5, 0.6) is 0 Å². The van der Waals surface area contributed by atoms with Crippen LogP contribution >= 0.6 is 11.6 Å². The number of methoxy groups -OCH3 is 1. The number of aromatic nitrogens is 3. The maximum absolute atomic E-state index is 6.13. The van der Waals surface area contributed by atoms with Crippen molar-refractivity contribution in [3.8, 4) is 0 Å². The van der Waals surface area contributed by atoms with Crippen molar-refractivity contribution >= 4 is 28.6 Å². The fraction of sp³-hybridized carbons (Fsp3) is 0.455. The summed E-state index contributed by atoms with van der Waals surface area (Å²) in [5, 5.41) is 0.540. The van der Waals surface area contributed by atoms with E-state index in [0.717, 1.165) is 5.52 Å². The summed E-state index contributed by atoms with van der Waals surface area (Å²) in [7, 11) is 1.67. The largest absolute Gasteiger partial charge is 0.377 e. The SMILES string of the molecule is COC(C)(C)Cn1c(N)nc2cncc(Cl)c21. The van der Waals surface area contributed by atoms with Crippen molar-refractivity contribution in [2.24, 2.45) is 0 Å². The van der Waals surface area contributed by atoms with Crippen molar-refractivity contribution in [3.05, 3.63) is 17.4 Å². The topological polar surface area (TPSA) is 66.0 Å². The molecule has 0 aromatic carbocycles. The molecule has 17 heavy (non-hydrogen) atoms. The van der Waals surface area contributed by atoms with Crippen molar-refractivity contribution in [1.29, 1.82) is 0 Å². The number of imidazole rings is 1. The lowest BCUT2D eigenvalue weighted by atomic mass is 10.1. The average molecular weight is 255 g/mol. The van der Waals surface area contributed by atoms with E-state index in [-0.39, 0.29) is 5.60 Å². The summed E-state index contributed by atoms with van der Waals surface area (Å²) in [4.78, 5) is 8.22. The number of nitrogens with two attached hydrogens (primary N) is 1. The molecule has 6 heteroatoms. The zero-order chi connectivity index (χ0) is 12.6. The van der Waals surface area contributed by atoms with Crippen LogP contribution in [-0.2, 0) is 11.3 Å². The molecule has 0 atom stereocenters. The number of nitrogen functional groups attached to an aromatic ring is 1. The Labute approximate surface area is 105 Å². The van der Waals surface area contributed by atoms with Gasteiger partial charge in [0.2, 0.25) is 5.95 Å². The van der Waals surface area contributed by atoms with Gasteiger partial charge in [0.1, 0.15) is 5.52 Å². The van der Waals surface area contributed by atoms with E-state index in [0.29, 0.717) is 23.0 Å². The van der Waals surface area contributed by atoms with E-state index in [1.807, 2.05) is 18.4 Å². The molecular weight excluding hydrogens is 240 g/mol. The normalized spacial score (nSPS) is 12.2. The molecule has 0 unspecified atom stereocenters. The lowest BCUT2D eigenvalue weighted by Gasteiger charge is -2.24. The van der Waals surface area contributed by atoms with Gasteiger partial charge < -0.3 is 15.0 Å². The van der Waals surface area contributed by atoms with E-state index in [1.165, 1.54) is 0 Å². The highest BCUT2D eigenvalue weighted by molar-refractivity contribution is 6.34.